The van der Waals surface area contributed by atoms with Crippen LogP contribution in [0.25, 0.3) is 33.9 Å². The Morgan fingerprint density at radius 2 is 1.27 bits per heavy atom. The van der Waals surface area contributed by atoms with Crippen LogP contribution in [0.15, 0.2) is 70.6 Å². The Morgan fingerprint density at radius 3 is 1.81 bits per heavy atom. The Morgan fingerprint density at radius 1 is 0.730 bits per heavy atom. The van der Waals surface area contributed by atoms with Crippen LogP contribution in [0.3, 0.4) is 0 Å². The average molecular weight is 491 g/mol. The standard InChI is InChI=1S/C33H38N4/c1-20-13-21-9-11-27(33(5,6)7)16-24(21)18-28(20)30(34)37-31(35)29-17-22-10-12-26(32(2,3)4)15-23(22)14-25(29)19-36-8/h9-18H,1,8,19,34H2,2-7H3,(H2,35,37)/b30-28+. The SMILES string of the molecule is C=NCc1cc2cc(C(C)(C)C)ccc2cc1/C(N)=N/C(N)=c1\cc2cc(C(C)(C)C)ccc2cc1=C. The van der Waals surface area contributed by atoms with Crippen molar-refractivity contribution in [3.8, 4) is 0 Å². The van der Waals surface area contributed by atoms with Crippen molar-refractivity contribution >= 4 is 46.5 Å². The minimum Gasteiger partial charge on any atom is -0.383 e. The molecule has 4 N–H and O–H groups in total. The number of hydrogen-bond acceptors (Lipinski definition) is 3. The second kappa shape index (κ2) is 9.51. The largest absolute Gasteiger partial charge is 0.383 e. The van der Waals surface area contributed by atoms with E-state index in [1.165, 1.54) is 11.1 Å². The molecule has 37 heavy (non-hydrogen) atoms. The first kappa shape index (κ1) is 26.2. The number of nitrogens with two attached hydrogens (primary N) is 2. The van der Waals surface area contributed by atoms with Crippen LogP contribution in [0.5, 0.6) is 0 Å². The van der Waals surface area contributed by atoms with E-state index in [0.717, 1.165) is 43.1 Å². The Hall–Kier alpha value is -3.92. The molecule has 0 aliphatic heterocycles. The lowest BCUT2D eigenvalue weighted by molar-refractivity contribution is 0.591. The molecule has 0 amide bonds. The Labute approximate surface area is 220 Å². The summed E-state index contributed by atoms with van der Waals surface area (Å²) in [6.07, 6.45) is 0. The van der Waals surface area contributed by atoms with E-state index < -0.39 is 0 Å². The van der Waals surface area contributed by atoms with Gasteiger partial charge in [0.1, 0.15) is 11.7 Å². The van der Waals surface area contributed by atoms with Gasteiger partial charge < -0.3 is 11.5 Å². The second-order valence-electron chi connectivity index (χ2n) is 11.9. The molecule has 0 aromatic heterocycles. The molecule has 4 rings (SSSR count). The summed E-state index contributed by atoms with van der Waals surface area (Å²) in [6.45, 7) is 21.6. The van der Waals surface area contributed by atoms with Crippen LogP contribution in [0.1, 0.15) is 63.8 Å². The van der Waals surface area contributed by atoms with Crippen molar-refractivity contribution in [3.63, 3.8) is 0 Å². The van der Waals surface area contributed by atoms with Gasteiger partial charge in [0.2, 0.25) is 0 Å². The minimum atomic E-state index is 0.0502. The topological polar surface area (TPSA) is 76.8 Å². The number of nitrogens with zero attached hydrogens (tertiary/aromatic N) is 2. The summed E-state index contributed by atoms with van der Waals surface area (Å²) in [6, 6.07) is 21.3. The quantitative estimate of drug-likeness (QED) is 0.287. The third kappa shape index (κ3) is 5.43. The van der Waals surface area contributed by atoms with Crippen molar-refractivity contribution in [1.82, 2.24) is 0 Å². The van der Waals surface area contributed by atoms with Gasteiger partial charge in [0.05, 0.1) is 6.54 Å². The number of amidine groups is 1. The van der Waals surface area contributed by atoms with Gasteiger partial charge in [-0.15, -0.1) is 0 Å². The van der Waals surface area contributed by atoms with E-state index in [1.54, 1.807) is 0 Å². The van der Waals surface area contributed by atoms with Gasteiger partial charge in [-0.05, 0) is 85.3 Å². The summed E-state index contributed by atoms with van der Waals surface area (Å²) < 4.78 is 0. The summed E-state index contributed by atoms with van der Waals surface area (Å²) in [5.41, 5.74) is 17.5. The maximum atomic E-state index is 6.57. The molecule has 0 spiro atoms. The molecule has 0 unspecified atom stereocenters. The first-order valence-corrected chi connectivity index (χ1v) is 12.6. The molecular formula is C33H38N4. The molecule has 0 heterocycles. The normalized spacial score (nSPS) is 13.7. The Bertz CT molecular complexity index is 1660. The van der Waals surface area contributed by atoms with Gasteiger partial charge >= 0.3 is 0 Å². The van der Waals surface area contributed by atoms with Crippen LogP contribution in [0.4, 0.5) is 0 Å². The Kier molecular flexibility index (Phi) is 6.72. The van der Waals surface area contributed by atoms with Crippen LogP contribution in [0, 0.1) is 0 Å². The number of aliphatic imine (C=N–C) groups is 2. The fraction of sp³-hybridized carbons (Fsp3) is 0.273. The summed E-state index contributed by atoms with van der Waals surface area (Å²) in [7, 11) is 0. The third-order valence-corrected chi connectivity index (χ3v) is 6.93. The van der Waals surface area contributed by atoms with Crippen molar-refractivity contribution in [2.45, 2.75) is 58.9 Å². The van der Waals surface area contributed by atoms with Crippen molar-refractivity contribution in [2.24, 2.45) is 21.5 Å². The number of fused-ring (bicyclic) bond motifs is 2. The molecule has 0 aliphatic rings. The predicted octanol–water partition coefficient (Wildman–Crippen LogP) is 5.63. The van der Waals surface area contributed by atoms with Gasteiger partial charge in [-0.1, -0.05) is 84.5 Å². The van der Waals surface area contributed by atoms with Gasteiger partial charge in [0.25, 0.3) is 0 Å². The minimum absolute atomic E-state index is 0.0502. The average Bonchev–Trinajstić information content (AvgIpc) is 2.81. The molecule has 0 saturated heterocycles. The molecule has 0 saturated carbocycles. The summed E-state index contributed by atoms with van der Waals surface area (Å²) in [5.74, 6) is 0.687. The summed E-state index contributed by atoms with van der Waals surface area (Å²) in [5, 5.41) is 6.04. The molecule has 0 atom stereocenters. The van der Waals surface area contributed by atoms with Crippen molar-refractivity contribution in [2.75, 3.05) is 0 Å². The predicted molar refractivity (Wildman–Crippen MR) is 162 cm³/mol. The zero-order chi connectivity index (χ0) is 27.1. The molecular weight excluding hydrogens is 452 g/mol. The highest BCUT2D eigenvalue weighted by molar-refractivity contribution is 6.04. The van der Waals surface area contributed by atoms with E-state index in [2.05, 4.69) is 119 Å². The van der Waals surface area contributed by atoms with Gasteiger partial charge in [-0.2, -0.15) is 0 Å². The molecule has 0 aliphatic carbocycles. The lowest BCUT2D eigenvalue weighted by Crippen LogP contribution is -2.29. The van der Waals surface area contributed by atoms with Gasteiger partial charge in [-0.3, -0.25) is 4.99 Å². The number of rotatable bonds is 4. The molecule has 4 nitrogen and oxygen atoms in total. The van der Waals surface area contributed by atoms with E-state index in [-0.39, 0.29) is 10.8 Å². The maximum Gasteiger partial charge on any atom is 0.133 e. The first-order valence-electron chi connectivity index (χ1n) is 12.6. The van der Waals surface area contributed by atoms with E-state index in [4.69, 9.17) is 11.5 Å². The summed E-state index contributed by atoms with van der Waals surface area (Å²) >= 11 is 0. The van der Waals surface area contributed by atoms with Gasteiger partial charge in [0.15, 0.2) is 0 Å². The fourth-order valence-corrected chi connectivity index (χ4v) is 4.60. The molecule has 0 radical (unpaired) electrons. The van der Waals surface area contributed by atoms with Crippen LogP contribution in [-0.4, -0.2) is 12.6 Å². The first-order chi connectivity index (χ1) is 17.3. The molecule has 0 bridgehead atoms. The van der Waals surface area contributed by atoms with Crippen LogP contribution >= 0.6 is 0 Å². The van der Waals surface area contributed by atoms with E-state index in [0.29, 0.717) is 18.2 Å². The number of hydrogen-bond donors (Lipinski definition) is 2. The van der Waals surface area contributed by atoms with E-state index in [9.17, 15) is 0 Å². The zero-order valence-corrected chi connectivity index (χ0v) is 22.9. The maximum absolute atomic E-state index is 6.57. The highest BCUT2D eigenvalue weighted by Crippen LogP contribution is 2.29. The fourth-order valence-electron chi connectivity index (χ4n) is 4.60. The van der Waals surface area contributed by atoms with Gasteiger partial charge in [-0.25, -0.2) is 4.99 Å². The summed E-state index contributed by atoms with van der Waals surface area (Å²) in [4.78, 5) is 8.78. The smallest absolute Gasteiger partial charge is 0.133 e. The van der Waals surface area contributed by atoms with Crippen LogP contribution in [-0.2, 0) is 17.4 Å². The zero-order valence-electron chi connectivity index (χ0n) is 22.9. The van der Waals surface area contributed by atoms with Crippen LogP contribution < -0.4 is 21.9 Å². The van der Waals surface area contributed by atoms with Crippen molar-refractivity contribution in [3.05, 3.63) is 93.4 Å². The highest BCUT2D eigenvalue weighted by atomic mass is 15.0. The van der Waals surface area contributed by atoms with Crippen molar-refractivity contribution in [1.29, 1.82) is 0 Å². The van der Waals surface area contributed by atoms with E-state index >= 15 is 0 Å². The Balaban J connectivity index is 1.87. The molecule has 0 fully saturated rings. The monoisotopic (exact) mass is 490 g/mol. The lowest BCUT2D eigenvalue weighted by Gasteiger charge is -2.20. The number of benzene rings is 4. The molecule has 4 aromatic rings. The molecule has 4 aromatic carbocycles. The lowest BCUT2D eigenvalue weighted by atomic mass is 9.85. The van der Waals surface area contributed by atoms with E-state index in [1.807, 2.05) is 6.07 Å². The third-order valence-electron chi connectivity index (χ3n) is 6.93. The van der Waals surface area contributed by atoms with Crippen LogP contribution in [0.2, 0.25) is 0 Å². The van der Waals surface area contributed by atoms with Crippen molar-refractivity contribution < 1.29 is 0 Å². The second-order valence-corrected chi connectivity index (χ2v) is 11.9. The highest BCUT2D eigenvalue weighted by Gasteiger charge is 2.16. The van der Waals surface area contributed by atoms with Gasteiger partial charge in [0, 0.05) is 10.8 Å². The molecule has 4 heteroatoms. The molecule has 190 valence electrons.